The molecule has 1 aliphatic heterocycles. The van der Waals surface area contributed by atoms with E-state index in [1.54, 1.807) is 0 Å². The quantitative estimate of drug-likeness (QED) is 0.792. The lowest BCUT2D eigenvalue weighted by molar-refractivity contribution is -0.137. The molecule has 8 heteroatoms. The van der Waals surface area contributed by atoms with Crippen LogP contribution in [0.25, 0.3) is 0 Å². The van der Waals surface area contributed by atoms with Crippen molar-refractivity contribution in [2.24, 2.45) is 0 Å². The fourth-order valence-electron chi connectivity index (χ4n) is 2.89. The maximum absolute atomic E-state index is 12.6. The molecule has 138 valence electrons. The molecule has 1 saturated heterocycles. The maximum Gasteiger partial charge on any atom is 0.323 e. The standard InChI is InChI=1S/C17H24N2O5S/c1-2-10-18(13-16(20)21)17(22)14-6-8-15(9-7-14)25(23,24)19-11-4-3-5-12-19/h6-9H,2-5,10-13H2,1H3,(H,20,21). The average Bonchev–Trinajstić information content (AvgIpc) is 2.61. The number of benzene rings is 1. The second-order valence-electron chi connectivity index (χ2n) is 6.11. The highest BCUT2D eigenvalue weighted by molar-refractivity contribution is 7.89. The van der Waals surface area contributed by atoms with Gasteiger partial charge in [0.05, 0.1) is 4.90 Å². The van der Waals surface area contributed by atoms with Crippen molar-refractivity contribution in [3.05, 3.63) is 29.8 Å². The monoisotopic (exact) mass is 368 g/mol. The first kappa shape index (κ1) is 19.4. The molecule has 1 aliphatic rings. The topological polar surface area (TPSA) is 95.0 Å². The highest BCUT2D eigenvalue weighted by Crippen LogP contribution is 2.21. The van der Waals surface area contributed by atoms with Crippen LogP contribution in [0.5, 0.6) is 0 Å². The van der Waals surface area contributed by atoms with Crippen LogP contribution in [0.4, 0.5) is 0 Å². The molecular weight excluding hydrogens is 344 g/mol. The number of sulfonamides is 1. The van der Waals surface area contributed by atoms with Gasteiger partial charge in [-0.1, -0.05) is 13.3 Å². The minimum atomic E-state index is -3.54. The third-order valence-electron chi connectivity index (χ3n) is 4.16. The lowest BCUT2D eigenvalue weighted by atomic mass is 10.2. The third-order valence-corrected chi connectivity index (χ3v) is 6.07. The molecule has 0 bridgehead atoms. The molecule has 1 N–H and O–H groups in total. The van der Waals surface area contributed by atoms with E-state index in [1.807, 2.05) is 6.92 Å². The molecule has 1 fully saturated rings. The van der Waals surface area contributed by atoms with Crippen molar-refractivity contribution >= 4 is 21.9 Å². The summed E-state index contributed by atoms with van der Waals surface area (Å²) in [4.78, 5) is 24.7. The van der Waals surface area contributed by atoms with Crippen LogP contribution >= 0.6 is 0 Å². The van der Waals surface area contributed by atoms with Crippen molar-refractivity contribution in [3.63, 3.8) is 0 Å². The molecule has 7 nitrogen and oxygen atoms in total. The Labute approximate surface area is 148 Å². The van der Waals surface area contributed by atoms with Gasteiger partial charge in [0.25, 0.3) is 5.91 Å². The molecule has 0 aromatic heterocycles. The first-order chi connectivity index (χ1) is 11.9. The number of carbonyl (C=O) groups is 2. The Kier molecular flexibility index (Phi) is 6.55. The van der Waals surface area contributed by atoms with Crippen molar-refractivity contribution in [1.29, 1.82) is 0 Å². The van der Waals surface area contributed by atoms with Crippen LogP contribution in [0.2, 0.25) is 0 Å². The van der Waals surface area contributed by atoms with Crippen LogP contribution in [0.15, 0.2) is 29.2 Å². The van der Waals surface area contributed by atoms with Crippen molar-refractivity contribution in [2.75, 3.05) is 26.2 Å². The molecule has 1 amide bonds. The second kappa shape index (κ2) is 8.44. The zero-order valence-electron chi connectivity index (χ0n) is 14.3. The summed E-state index contributed by atoms with van der Waals surface area (Å²) in [6, 6.07) is 5.73. The Hall–Kier alpha value is -1.93. The summed E-state index contributed by atoms with van der Waals surface area (Å²) < 4.78 is 26.7. The highest BCUT2D eigenvalue weighted by atomic mass is 32.2. The lowest BCUT2D eigenvalue weighted by Crippen LogP contribution is -2.36. The summed E-state index contributed by atoms with van der Waals surface area (Å²) in [6.07, 6.45) is 3.39. The Morgan fingerprint density at radius 1 is 1.12 bits per heavy atom. The summed E-state index contributed by atoms with van der Waals surface area (Å²) in [7, 11) is -3.54. The predicted octanol–water partition coefficient (Wildman–Crippen LogP) is 1.80. The van der Waals surface area contributed by atoms with Gasteiger partial charge >= 0.3 is 5.97 Å². The van der Waals surface area contributed by atoms with E-state index in [1.165, 1.54) is 33.5 Å². The summed E-state index contributed by atoms with van der Waals surface area (Å²) in [5, 5.41) is 8.92. The molecule has 25 heavy (non-hydrogen) atoms. The van der Waals surface area contributed by atoms with Gasteiger partial charge in [-0.2, -0.15) is 4.31 Å². The Bertz CT molecular complexity index is 709. The number of carboxylic acid groups (broad SMARTS) is 1. The van der Waals surface area contributed by atoms with Gasteiger partial charge in [0, 0.05) is 25.2 Å². The molecule has 0 saturated carbocycles. The van der Waals surface area contributed by atoms with E-state index in [-0.39, 0.29) is 17.0 Å². The zero-order chi connectivity index (χ0) is 18.4. The highest BCUT2D eigenvalue weighted by Gasteiger charge is 2.26. The molecule has 1 aromatic rings. The lowest BCUT2D eigenvalue weighted by Gasteiger charge is -2.26. The maximum atomic E-state index is 12.6. The fraction of sp³-hybridized carbons (Fsp3) is 0.529. The number of hydrogen-bond acceptors (Lipinski definition) is 4. The van der Waals surface area contributed by atoms with Gasteiger partial charge in [-0.25, -0.2) is 8.42 Å². The Morgan fingerprint density at radius 2 is 1.72 bits per heavy atom. The SMILES string of the molecule is CCCN(CC(=O)O)C(=O)c1ccc(S(=O)(=O)N2CCCCC2)cc1. The second-order valence-corrected chi connectivity index (χ2v) is 8.05. The fourth-order valence-corrected chi connectivity index (χ4v) is 4.41. The first-order valence-corrected chi connectivity index (χ1v) is 9.91. The molecule has 0 atom stereocenters. The van der Waals surface area contributed by atoms with Gasteiger partial charge in [-0.05, 0) is 43.5 Å². The van der Waals surface area contributed by atoms with Gasteiger partial charge in [-0.3, -0.25) is 9.59 Å². The van der Waals surface area contributed by atoms with Gasteiger partial charge in [0.15, 0.2) is 0 Å². The third kappa shape index (κ3) is 4.79. The number of amides is 1. The number of hydrogen-bond donors (Lipinski definition) is 1. The minimum Gasteiger partial charge on any atom is -0.480 e. The summed E-state index contributed by atoms with van der Waals surface area (Å²) in [5.41, 5.74) is 0.285. The number of rotatable bonds is 7. The van der Waals surface area contributed by atoms with E-state index in [4.69, 9.17) is 5.11 Å². The number of nitrogens with zero attached hydrogens (tertiary/aromatic N) is 2. The van der Waals surface area contributed by atoms with Crippen LogP contribution < -0.4 is 0 Å². The normalized spacial score (nSPS) is 15.7. The van der Waals surface area contributed by atoms with Gasteiger partial charge in [0.2, 0.25) is 10.0 Å². The molecule has 1 aromatic carbocycles. The van der Waals surface area contributed by atoms with Gasteiger partial charge < -0.3 is 10.0 Å². The van der Waals surface area contributed by atoms with E-state index >= 15 is 0 Å². The molecule has 2 rings (SSSR count). The summed E-state index contributed by atoms with van der Waals surface area (Å²) >= 11 is 0. The van der Waals surface area contributed by atoms with Crippen LogP contribution in [-0.2, 0) is 14.8 Å². The molecule has 0 spiro atoms. The van der Waals surface area contributed by atoms with Gasteiger partial charge in [-0.15, -0.1) is 0 Å². The molecular formula is C17H24N2O5S. The zero-order valence-corrected chi connectivity index (χ0v) is 15.2. The van der Waals surface area contributed by atoms with Crippen LogP contribution in [-0.4, -0.2) is 60.8 Å². The number of piperidine rings is 1. The van der Waals surface area contributed by atoms with E-state index < -0.39 is 21.9 Å². The summed E-state index contributed by atoms with van der Waals surface area (Å²) in [6.45, 7) is 2.85. The van der Waals surface area contributed by atoms with Crippen LogP contribution in [0, 0.1) is 0 Å². The van der Waals surface area contributed by atoms with E-state index in [0.29, 0.717) is 26.1 Å². The molecule has 0 aliphatic carbocycles. The summed E-state index contributed by atoms with van der Waals surface area (Å²) in [5.74, 6) is -1.49. The van der Waals surface area contributed by atoms with Crippen LogP contribution in [0.1, 0.15) is 43.0 Å². The van der Waals surface area contributed by atoms with E-state index in [9.17, 15) is 18.0 Å². The van der Waals surface area contributed by atoms with Crippen molar-refractivity contribution in [1.82, 2.24) is 9.21 Å². The Balaban J connectivity index is 2.17. The number of carboxylic acids is 1. The van der Waals surface area contributed by atoms with Crippen molar-refractivity contribution < 1.29 is 23.1 Å². The average molecular weight is 368 g/mol. The Morgan fingerprint density at radius 3 is 2.24 bits per heavy atom. The number of aliphatic carboxylic acids is 1. The smallest absolute Gasteiger partial charge is 0.323 e. The minimum absolute atomic E-state index is 0.159. The predicted molar refractivity (Wildman–Crippen MR) is 92.9 cm³/mol. The van der Waals surface area contributed by atoms with Gasteiger partial charge in [0.1, 0.15) is 6.54 Å². The number of carbonyl (C=O) groups excluding carboxylic acids is 1. The van der Waals surface area contributed by atoms with Crippen molar-refractivity contribution in [2.45, 2.75) is 37.5 Å². The largest absolute Gasteiger partial charge is 0.480 e. The van der Waals surface area contributed by atoms with Crippen LogP contribution in [0.3, 0.4) is 0 Å². The van der Waals surface area contributed by atoms with E-state index in [2.05, 4.69) is 0 Å². The van der Waals surface area contributed by atoms with E-state index in [0.717, 1.165) is 19.3 Å². The molecule has 0 radical (unpaired) electrons. The molecule has 1 heterocycles. The molecule has 0 unspecified atom stereocenters. The first-order valence-electron chi connectivity index (χ1n) is 8.47. The van der Waals surface area contributed by atoms with Crippen molar-refractivity contribution in [3.8, 4) is 0 Å².